The molecule has 1 aromatic carbocycles. The van der Waals surface area contributed by atoms with Crippen LogP contribution in [0.25, 0.3) is 0 Å². The number of hydrogen-bond acceptors (Lipinski definition) is 4. The maximum Gasteiger partial charge on any atom is 0.335 e. The lowest BCUT2D eigenvalue weighted by Gasteiger charge is -2.32. The summed E-state index contributed by atoms with van der Waals surface area (Å²) in [7, 11) is 2.16. The monoisotopic (exact) mass is 277 g/mol. The molecule has 0 radical (unpaired) electrons. The van der Waals surface area contributed by atoms with Crippen molar-refractivity contribution < 1.29 is 9.90 Å². The second kappa shape index (κ2) is 7.38. The van der Waals surface area contributed by atoms with Gasteiger partial charge in [-0.25, -0.2) is 4.79 Å². The predicted molar refractivity (Wildman–Crippen MR) is 79.0 cm³/mol. The topological polar surface area (TPSA) is 55.8 Å². The number of benzene rings is 1. The summed E-state index contributed by atoms with van der Waals surface area (Å²) in [5, 5.41) is 12.2. The minimum absolute atomic E-state index is 0.339. The molecular weight excluding hydrogens is 254 g/mol. The van der Waals surface area contributed by atoms with Crippen molar-refractivity contribution in [1.82, 2.24) is 15.1 Å². The first-order valence-electron chi connectivity index (χ1n) is 7.09. The normalized spacial score (nSPS) is 17.2. The number of piperazine rings is 1. The Kier molecular flexibility index (Phi) is 5.52. The van der Waals surface area contributed by atoms with Crippen molar-refractivity contribution in [3.05, 3.63) is 35.4 Å². The van der Waals surface area contributed by atoms with Crippen LogP contribution in [0.3, 0.4) is 0 Å². The van der Waals surface area contributed by atoms with Gasteiger partial charge in [0.2, 0.25) is 0 Å². The van der Waals surface area contributed by atoms with Gasteiger partial charge in [-0.1, -0.05) is 12.1 Å². The molecule has 0 aliphatic carbocycles. The van der Waals surface area contributed by atoms with Gasteiger partial charge < -0.3 is 15.3 Å². The van der Waals surface area contributed by atoms with Crippen LogP contribution in [0.5, 0.6) is 0 Å². The molecule has 5 heteroatoms. The van der Waals surface area contributed by atoms with Gasteiger partial charge in [-0.2, -0.15) is 0 Å². The Balaban J connectivity index is 1.64. The van der Waals surface area contributed by atoms with E-state index >= 15 is 0 Å². The minimum Gasteiger partial charge on any atom is -0.478 e. The molecule has 0 bridgehead atoms. The van der Waals surface area contributed by atoms with Crippen LogP contribution >= 0.6 is 0 Å². The number of likely N-dealkylation sites (N-methyl/N-ethyl adjacent to an activating group) is 1. The fourth-order valence-corrected chi connectivity index (χ4v) is 2.31. The Morgan fingerprint density at radius 3 is 2.45 bits per heavy atom. The van der Waals surface area contributed by atoms with E-state index in [2.05, 4.69) is 22.2 Å². The molecule has 2 N–H and O–H groups in total. The number of rotatable bonds is 6. The molecule has 1 fully saturated rings. The number of carboxylic acid groups (broad SMARTS) is 1. The van der Waals surface area contributed by atoms with E-state index in [4.69, 9.17) is 5.11 Å². The van der Waals surface area contributed by atoms with Crippen LogP contribution < -0.4 is 5.32 Å². The first kappa shape index (κ1) is 15.0. The van der Waals surface area contributed by atoms with Crippen molar-refractivity contribution in [2.24, 2.45) is 0 Å². The first-order chi connectivity index (χ1) is 9.65. The molecule has 110 valence electrons. The van der Waals surface area contributed by atoms with Gasteiger partial charge in [0.15, 0.2) is 0 Å². The molecule has 0 atom stereocenters. The zero-order valence-corrected chi connectivity index (χ0v) is 12.0. The Labute approximate surface area is 120 Å². The summed E-state index contributed by atoms with van der Waals surface area (Å²) < 4.78 is 0. The molecule has 1 aliphatic heterocycles. The molecule has 1 aromatic rings. The fraction of sp³-hybridized carbons (Fsp3) is 0.533. The summed E-state index contributed by atoms with van der Waals surface area (Å²) in [5.74, 6) is -0.875. The number of nitrogens with zero attached hydrogens (tertiary/aromatic N) is 2. The smallest absolute Gasteiger partial charge is 0.335 e. The lowest BCUT2D eigenvalue weighted by molar-refractivity contribution is 0.0697. The van der Waals surface area contributed by atoms with Gasteiger partial charge in [0.1, 0.15) is 0 Å². The Bertz CT molecular complexity index is 425. The standard InChI is InChI=1S/C15H23N3O2/c1-17-8-10-18(11-9-17)7-6-16-12-13-2-4-14(5-3-13)15(19)20/h2-5,16H,6-12H2,1H3,(H,19,20). The second-order valence-corrected chi connectivity index (χ2v) is 5.32. The number of carbonyl (C=O) groups is 1. The highest BCUT2D eigenvalue weighted by molar-refractivity contribution is 5.87. The Morgan fingerprint density at radius 2 is 1.85 bits per heavy atom. The molecule has 0 saturated carbocycles. The van der Waals surface area contributed by atoms with Crippen LogP contribution in [0.15, 0.2) is 24.3 Å². The average Bonchev–Trinajstić information content (AvgIpc) is 2.46. The van der Waals surface area contributed by atoms with E-state index < -0.39 is 5.97 Å². The van der Waals surface area contributed by atoms with Gasteiger partial charge in [0.25, 0.3) is 0 Å². The van der Waals surface area contributed by atoms with E-state index in [1.54, 1.807) is 12.1 Å². The van der Waals surface area contributed by atoms with Crippen molar-refractivity contribution in [1.29, 1.82) is 0 Å². The molecule has 0 spiro atoms. The number of hydrogen-bond donors (Lipinski definition) is 2. The van der Waals surface area contributed by atoms with E-state index in [0.717, 1.165) is 51.4 Å². The van der Waals surface area contributed by atoms with Gasteiger partial charge in [-0.3, -0.25) is 4.90 Å². The van der Waals surface area contributed by atoms with Crippen molar-refractivity contribution in [3.63, 3.8) is 0 Å². The lowest BCUT2D eigenvalue weighted by atomic mass is 10.1. The molecule has 5 nitrogen and oxygen atoms in total. The van der Waals surface area contributed by atoms with Gasteiger partial charge in [-0.05, 0) is 24.7 Å². The summed E-state index contributed by atoms with van der Waals surface area (Å²) in [4.78, 5) is 15.6. The summed E-state index contributed by atoms with van der Waals surface area (Å²) in [6.45, 7) is 7.41. The predicted octanol–water partition coefficient (Wildman–Crippen LogP) is 0.722. The third-order valence-electron chi connectivity index (χ3n) is 3.73. The zero-order valence-electron chi connectivity index (χ0n) is 12.0. The third kappa shape index (κ3) is 4.59. The van der Waals surface area contributed by atoms with Crippen LogP contribution in [-0.2, 0) is 6.54 Å². The molecule has 0 aromatic heterocycles. The van der Waals surface area contributed by atoms with Gasteiger partial charge >= 0.3 is 5.97 Å². The molecule has 0 unspecified atom stereocenters. The first-order valence-corrected chi connectivity index (χ1v) is 7.09. The van der Waals surface area contributed by atoms with Gasteiger partial charge in [-0.15, -0.1) is 0 Å². The highest BCUT2D eigenvalue weighted by Gasteiger charge is 2.12. The fourth-order valence-electron chi connectivity index (χ4n) is 2.31. The maximum absolute atomic E-state index is 10.7. The summed E-state index contributed by atoms with van der Waals surface area (Å²) in [6.07, 6.45) is 0. The maximum atomic E-state index is 10.7. The average molecular weight is 277 g/mol. The van der Waals surface area contributed by atoms with Crippen molar-refractivity contribution in [2.75, 3.05) is 46.3 Å². The van der Waals surface area contributed by atoms with Gasteiger partial charge in [0.05, 0.1) is 5.56 Å². The molecule has 1 heterocycles. The summed E-state index contributed by atoms with van der Waals surface area (Å²) >= 11 is 0. The molecule has 1 saturated heterocycles. The minimum atomic E-state index is -0.875. The highest BCUT2D eigenvalue weighted by Crippen LogP contribution is 2.04. The zero-order chi connectivity index (χ0) is 14.4. The van der Waals surface area contributed by atoms with Crippen molar-refractivity contribution in [3.8, 4) is 0 Å². The number of aromatic carboxylic acids is 1. The van der Waals surface area contributed by atoms with Gasteiger partial charge in [0, 0.05) is 45.8 Å². The lowest BCUT2D eigenvalue weighted by Crippen LogP contribution is -2.46. The molecular formula is C15H23N3O2. The van der Waals surface area contributed by atoms with Crippen molar-refractivity contribution in [2.45, 2.75) is 6.54 Å². The Hall–Kier alpha value is -1.43. The quantitative estimate of drug-likeness (QED) is 0.751. The molecule has 1 aliphatic rings. The van der Waals surface area contributed by atoms with E-state index in [1.165, 1.54) is 0 Å². The Morgan fingerprint density at radius 1 is 1.20 bits per heavy atom. The van der Waals surface area contributed by atoms with E-state index in [1.807, 2.05) is 12.1 Å². The SMILES string of the molecule is CN1CCN(CCNCc2ccc(C(=O)O)cc2)CC1. The van der Waals surface area contributed by atoms with Crippen LogP contribution in [0.1, 0.15) is 15.9 Å². The third-order valence-corrected chi connectivity index (χ3v) is 3.73. The second-order valence-electron chi connectivity index (χ2n) is 5.32. The molecule has 0 amide bonds. The number of nitrogens with one attached hydrogen (secondary N) is 1. The van der Waals surface area contributed by atoms with E-state index in [9.17, 15) is 4.79 Å². The summed E-state index contributed by atoms with van der Waals surface area (Å²) in [5.41, 5.74) is 1.46. The van der Waals surface area contributed by atoms with E-state index in [-0.39, 0.29) is 0 Å². The van der Waals surface area contributed by atoms with Crippen LogP contribution in [-0.4, -0.2) is 67.2 Å². The van der Waals surface area contributed by atoms with Crippen LogP contribution in [0.4, 0.5) is 0 Å². The van der Waals surface area contributed by atoms with Crippen LogP contribution in [0.2, 0.25) is 0 Å². The number of carboxylic acids is 1. The molecule has 20 heavy (non-hydrogen) atoms. The molecule has 2 rings (SSSR count). The largest absolute Gasteiger partial charge is 0.478 e. The highest BCUT2D eigenvalue weighted by atomic mass is 16.4. The summed E-state index contributed by atoms with van der Waals surface area (Å²) in [6, 6.07) is 7.04. The van der Waals surface area contributed by atoms with Crippen molar-refractivity contribution >= 4 is 5.97 Å². The van der Waals surface area contributed by atoms with E-state index in [0.29, 0.717) is 5.56 Å². The van der Waals surface area contributed by atoms with Crippen LogP contribution in [0, 0.1) is 0 Å².